The summed E-state index contributed by atoms with van der Waals surface area (Å²) >= 11 is 0. The Morgan fingerprint density at radius 2 is 2.09 bits per heavy atom. The molecule has 3 aromatic rings. The van der Waals surface area contributed by atoms with Gasteiger partial charge in [-0.2, -0.15) is 0 Å². The smallest absolute Gasteiger partial charge is 0.331 e. The van der Waals surface area contributed by atoms with E-state index in [0.717, 1.165) is 0 Å². The van der Waals surface area contributed by atoms with E-state index in [1.807, 2.05) is 0 Å². The van der Waals surface area contributed by atoms with Crippen LogP contribution >= 0.6 is 0 Å². The Balaban J connectivity index is 2.17. The van der Waals surface area contributed by atoms with Gasteiger partial charge < -0.3 is 5.11 Å². The highest BCUT2D eigenvalue weighted by Gasteiger charge is 2.15. The van der Waals surface area contributed by atoms with Crippen LogP contribution in [-0.4, -0.2) is 38.9 Å². The molecule has 22 heavy (non-hydrogen) atoms. The average molecular weight is 319 g/mol. The molecule has 3 rings (SSSR count). The first kappa shape index (κ1) is 14.3. The summed E-state index contributed by atoms with van der Waals surface area (Å²) in [5, 5.41) is 13.4. The number of sulfonamides is 1. The van der Waals surface area contributed by atoms with Crippen LogP contribution in [0.1, 0.15) is 6.92 Å². The Morgan fingerprint density at radius 3 is 2.86 bits per heavy atom. The molecular formula is C13H13N5O3S. The van der Waals surface area contributed by atoms with Crippen molar-refractivity contribution in [1.82, 2.24) is 19.6 Å². The Labute approximate surface area is 126 Å². The topological polar surface area (TPSA) is 109 Å². The molecule has 0 aliphatic rings. The largest absolute Gasteiger partial charge is 0.478 e. The molecule has 0 atom stereocenters. The molecule has 8 nitrogen and oxygen atoms in total. The highest BCUT2D eigenvalue weighted by atomic mass is 32.2. The van der Waals surface area contributed by atoms with Crippen molar-refractivity contribution >= 4 is 21.4 Å². The second-order valence-electron chi connectivity index (χ2n) is 4.52. The number of nitrogens with one attached hydrogen (secondary N) is 1. The molecule has 114 valence electrons. The summed E-state index contributed by atoms with van der Waals surface area (Å²) in [7, 11) is -3.45. The zero-order valence-electron chi connectivity index (χ0n) is 11.6. The number of fused-ring (bicyclic) bond motifs is 1. The van der Waals surface area contributed by atoms with E-state index < -0.39 is 10.0 Å². The van der Waals surface area contributed by atoms with Gasteiger partial charge >= 0.3 is 6.01 Å². The maximum atomic E-state index is 11.8. The molecule has 0 saturated heterocycles. The van der Waals surface area contributed by atoms with Gasteiger partial charge in [0.25, 0.3) is 0 Å². The third-order valence-corrected chi connectivity index (χ3v) is 4.37. The highest BCUT2D eigenvalue weighted by Crippen LogP contribution is 2.28. The summed E-state index contributed by atoms with van der Waals surface area (Å²) in [6.45, 7) is 1.54. The maximum Gasteiger partial charge on any atom is 0.331 e. The zero-order chi connectivity index (χ0) is 15.7. The first-order chi connectivity index (χ1) is 10.5. The maximum absolute atomic E-state index is 11.8. The van der Waals surface area contributed by atoms with Gasteiger partial charge in [-0.3, -0.25) is 4.72 Å². The molecule has 3 aromatic heterocycles. The van der Waals surface area contributed by atoms with Crippen LogP contribution in [0.2, 0.25) is 0 Å². The molecule has 0 radical (unpaired) electrons. The quantitative estimate of drug-likeness (QED) is 0.749. The van der Waals surface area contributed by atoms with Gasteiger partial charge in [-0.25, -0.2) is 22.9 Å². The molecule has 3 heterocycles. The monoisotopic (exact) mass is 319 g/mol. The lowest BCUT2D eigenvalue weighted by atomic mass is 10.2. The van der Waals surface area contributed by atoms with Gasteiger partial charge in [0, 0.05) is 11.8 Å². The van der Waals surface area contributed by atoms with E-state index in [2.05, 4.69) is 19.8 Å². The lowest BCUT2D eigenvalue weighted by Crippen LogP contribution is -2.16. The van der Waals surface area contributed by atoms with Crippen LogP contribution in [0.15, 0.2) is 36.7 Å². The number of aromatic hydroxyl groups is 1. The van der Waals surface area contributed by atoms with E-state index in [9.17, 15) is 13.5 Å². The first-order valence-corrected chi connectivity index (χ1v) is 8.15. The van der Waals surface area contributed by atoms with Gasteiger partial charge in [-0.1, -0.05) is 0 Å². The van der Waals surface area contributed by atoms with Crippen molar-refractivity contribution in [2.45, 2.75) is 6.92 Å². The molecule has 9 heteroatoms. The fraction of sp³-hybridized carbons (Fsp3) is 0.154. The van der Waals surface area contributed by atoms with Gasteiger partial charge in [0.05, 0.1) is 23.2 Å². The van der Waals surface area contributed by atoms with Crippen LogP contribution in [0.3, 0.4) is 0 Å². The standard InChI is InChI=1S/C13H13N5O3S/c1-2-22(20,21)17-12-10(4-3-7-14-12)11-6-5-9-8-15-13(19)16-18(9)11/h3-8H,2H2,1H3,(H,14,17)(H,16,19). The Kier molecular flexibility index (Phi) is 3.41. The molecule has 0 aromatic carbocycles. The third kappa shape index (κ3) is 2.58. The van der Waals surface area contributed by atoms with E-state index in [0.29, 0.717) is 16.8 Å². The third-order valence-electron chi connectivity index (χ3n) is 3.10. The minimum atomic E-state index is -3.45. The van der Waals surface area contributed by atoms with Crippen molar-refractivity contribution in [2.75, 3.05) is 10.5 Å². The van der Waals surface area contributed by atoms with Crippen LogP contribution in [-0.2, 0) is 10.0 Å². The van der Waals surface area contributed by atoms with Crippen molar-refractivity contribution in [3.8, 4) is 17.3 Å². The molecular weight excluding hydrogens is 306 g/mol. The molecule has 0 spiro atoms. The van der Waals surface area contributed by atoms with Crippen LogP contribution in [0, 0.1) is 0 Å². The van der Waals surface area contributed by atoms with E-state index in [4.69, 9.17) is 0 Å². The van der Waals surface area contributed by atoms with Crippen LogP contribution in [0.25, 0.3) is 16.8 Å². The number of hydrogen-bond donors (Lipinski definition) is 2. The van der Waals surface area contributed by atoms with Crippen molar-refractivity contribution in [2.24, 2.45) is 0 Å². The predicted molar refractivity (Wildman–Crippen MR) is 81.0 cm³/mol. The zero-order valence-corrected chi connectivity index (χ0v) is 12.4. The molecule has 0 fully saturated rings. The van der Waals surface area contributed by atoms with Crippen LogP contribution < -0.4 is 4.72 Å². The number of rotatable bonds is 4. The van der Waals surface area contributed by atoms with Gasteiger partial charge in [0.1, 0.15) is 5.82 Å². The lowest BCUT2D eigenvalue weighted by Gasteiger charge is -2.10. The summed E-state index contributed by atoms with van der Waals surface area (Å²) < 4.78 is 27.5. The van der Waals surface area contributed by atoms with Gasteiger partial charge in [0.2, 0.25) is 10.0 Å². The first-order valence-electron chi connectivity index (χ1n) is 6.50. The van der Waals surface area contributed by atoms with Crippen molar-refractivity contribution in [3.63, 3.8) is 0 Å². The average Bonchev–Trinajstić information content (AvgIpc) is 2.90. The van der Waals surface area contributed by atoms with E-state index in [1.165, 1.54) is 16.9 Å². The van der Waals surface area contributed by atoms with Gasteiger partial charge in [-0.15, -0.1) is 5.10 Å². The predicted octanol–water partition coefficient (Wildman–Crippen LogP) is 1.26. The number of anilines is 1. The highest BCUT2D eigenvalue weighted by molar-refractivity contribution is 7.92. The number of pyridine rings is 1. The second-order valence-corrected chi connectivity index (χ2v) is 6.53. The lowest BCUT2D eigenvalue weighted by molar-refractivity contribution is 0.419. The number of aromatic nitrogens is 4. The molecule has 2 N–H and O–H groups in total. The van der Waals surface area contributed by atoms with E-state index in [-0.39, 0.29) is 17.6 Å². The van der Waals surface area contributed by atoms with Gasteiger partial charge in [-0.05, 0) is 31.2 Å². The van der Waals surface area contributed by atoms with E-state index >= 15 is 0 Å². The summed E-state index contributed by atoms with van der Waals surface area (Å²) in [5.41, 5.74) is 1.81. The van der Waals surface area contributed by atoms with E-state index in [1.54, 1.807) is 31.2 Å². The number of hydrogen-bond acceptors (Lipinski definition) is 6. The summed E-state index contributed by atoms with van der Waals surface area (Å²) in [5.74, 6) is 0.156. The van der Waals surface area contributed by atoms with Crippen molar-refractivity contribution in [3.05, 3.63) is 36.7 Å². The molecule has 0 saturated carbocycles. The molecule has 0 bridgehead atoms. The normalized spacial score (nSPS) is 11.7. The molecule has 0 aliphatic heterocycles. The molecule has 0 unspecified atom stereocenters. The van der Waals surface area contributed by atoms with Crippen molar-refractivity contribution < 1.29 is 13.5 Å². The minimum absolute atomic E-state index is 0.0547. The fourth-order valence-electron chi connectivity index (χ4n) is 2.01. The fourth-order valence-corrected chi connectivity index (χ4v) is 2.61. The summed E-state index contributed by atoms with van der Waals surface area (Å²) in [6.07, 6.45) is 2.97. The summed E-state index contributed by atoms with van der Waals surface area (Å²) in [6, 6.07) is 6.56. The second kappa shape index (κ2) is 5.26. The van der Waals surface area contributed by atoms with Crippen molar-refractivity contribution in [1.29, 1.82) is 0 Å². The minimum Gasteiger partial charge on any atom is -0.478 e. The summed E-state index contributed by atoms with van der Waals surface area (Å²) in [4.78, 5) is 7.79. The van der Waals surface area contributed by atoms with Crippen LogP contribution in [0.5, 0.6) is 6.01 Å². The van der Waals surface area contributed by atoms with Crippen LogP contribution in [0.4, 0.5) is 5.82 Å². The SMILES string of the molecule is CCS(=O)(=O)Nc1ncccc1-c1ccc2cnc(O)nn12. The Bertz CT molecular complexity index is 936. The Morgan fingerprint density at radius 1 is 1.27 bits per heavy atom. The molecule has 0 aliphatic carbocycles. The molecule has 0 amide bonds. The number of nitrogens with zero attached hydrogens (tertiary/aromatic N) is 4. The van der Waals surface area contributed by atoms with Gasteiger partial charge in [0.15, 0.2) is 0 Å². The Hall–Kier alpha value is -2.68.